The number of ether oxygens (including phenoxy) is 1. The zero-order valence-corrected chi connectivity index (χ0v) is 8.41. The number of benzene rings is 1. The minimum atomic E-state index is -1.11. The van der Waals surface area contributed by atoms with Crippen molar-refractivity contribution in [2.24, 2.45) is 0 Å². The van der Waals surface area contributed by atoms with Crippen LogP contribution in [0.5, 0.6) is 0 Å². The second-order valence-electron chi connectivity index (χ2n) is 2.97. The van der Waals surface area contributed by atoms with Gasteiger partial charge in [-0.25, -0.2) is 0 Å². The van der Waals surface area contributed by atoms with Gasteiger partial charge in [-0.3, -0.25) is 14.9 Å². The van der Waals surface area contributed by atoms with Crippen molar-refractivity contribution in [2.75, 3.05) is 0 Å². The van der Waals surface area contributed by atoms with E-state index >= 15 is 0 Å². The monoisotopic (exact) mass is 220 g/mol. The largest absolute Gasteiger partial charge is 0.442 e. The highest BCUT2D eigenvalue weighted by Gasteiger charge is 2.16. The summed E-state index contributed by atoms with van der Waals surface area (Å²) < 4.78 is 4.70. The van der Waals surface area contributed by atoms with Gasteiger partial charge in [0.15, 0.2) is 0 Å². The van der Waals surface area contributed by atoms with Gasteiger partial charge in [0.2, 0.25) is 6.10 Å². The SMILES string of the molecule is CC(=O)OC(C#N)c1cccc([N+](=O)[O-])c1. The molecule has 1 atom stereocenters. The van der Waals surface area contributed by atoms with Crippen LogP contribution in [0.2, 0.25) is 0 Å². The number of hydrogen-bond acceptors (Lipinski definition) is 5. The molecule has 0 aromatic heterocycles. The van der Waals surface area contributed by atoms with E-state index in [1.54, 1.807) is 6.07 Å². The molecular formula is C10H8N2O4. The first kappa shape index (κ1) is 11.7. The number of nitrogens with zero attached hydrogens (tertiary/aromatic N) is 2. The number of nitro benzene ring substituents is 1. The summed E-state index contributed by atoms with van der Waals surface area (Å²) in [6.07, 6.45) is -1.11. The minimum Gasteiger partial charge on any atom is -0.442 e. The van der Waals surface area contributed by atoms with E-state index in [1.807, 2.05) is 0 Å². The molecule has 0 saturated carbocycles. The molecular weight excluding hydrogens is 212 g/mol. The zero-order chi connectivity index (χ0) is 12.1. The maximum Gasteiger partial charge on any atom is 0.304 e. The molecule has 0 radical (unpaired) electrons. The summed E-state index contributed by atoms with van der Waals surface area (Å²) in [6, 6.07) is 7.17. The summed E-state index contributed by atoms with van der Waals surface area (Å²) in [6.45, 7) is 1.17. The van der Waals surface area contributed by atoms with Crippen molar-refractivity contribution in [3.8, 4) is 6.07 Å². The molecule has 82 valence electrons. The Balaban J connectivity index is 3.02. The Morgan fingerprint density at radius 1 is 1.62 bits per heavy atom. The van der Waals surface area contributed by atoms with Gasteiger partial charge in [-0.05, 0) is 0 Å². The molecule has 0 fully saturated rings. The molecule has 0 aliphatic heterocycles. The minimum absolute atomic E-state index is 0.148. The van der Waals surface area contributed by atoms with Gasteiger partial charge in [-0.15, -0.1) is 0 Å². The van der Waals surface area contributed by atoms with Crippen LogP contribution in [0.4, 0.5) is 5.69 Å². The predicted octanol–water partition coefficient (Wildman–Crippen LogP) is 1.72. The third kappa shape index (κ3) is 2.78. The molecule has 6 nitrogen and oxygen atoms in total. The smallest absolute Gasteiger partial charge is 0.304 e. The number of carbonyl (C=O) groups is 1. The Labute approximate surface area is 91.2 Å². The Hall–Kier alpha value is -2.42. The van der Waals surface area contributed by atoms with Gasteiger partial charge in [0.05, 0.1) is 4.92 Å². The van der Waals surface area contributed by atoms with Crippen LogP contribution in [0.25, 0.3) is 0 Å². The van der Waals surface area contributed by atoms with Crippen LogP contribution < -0.4 is 0 Å². The third-order valence-electron chi connectivity index (χ3n) is 1.78. The van der Waals surface area contributed by atoms with Crippen LogP contribution >= 0.6 is 0 Å². The van der Waals surface area contributed by atoms with E-state index in [0.717, 1.165) is 0 Å². The highest BCUT2D eigenvalue weighted by atomic mass is 16.6. The normalized spacial score (nSPS) is 11.2. The molecule has 16 heavy (non-hydrogen) atoms. The Morgan fingerprint density at radius 3 is 2.81 bits per heavy atom. The first-order chi connectivity index (χ1) is 7.54. The molecule has 0 saturated heterocycles. The molecule has 0 N–H and O–H groups in total. The summed E-state index contributed by atoms with van der Waals surface area (Å²) in [7, 11) is 0. The van der Waals surface area contributed by atoms with Gasteiger partial charge in [0.25, 0.3) is 5.69 Å². The number of non-ortho nitro benzene ring substituents is 1. The van der Waals surface area contributed by atoms with Crippen molar-refractivity contribution >= 4 is 11.7 Å². The Bertz CT molecular complexity index is 464. The van der Waals surface area contributed by atoms with Crippen LogP contribution in [0.3, 0.4) is 0 Å². The number of hydrogen-bond donors (Lipinski definition) is 0. The van der Waals surface area contributed by atoms with Gasteiger partial charge in [-0.2, -0.15) is 5.26 Å². The van der Waals surface area contributed by atoms with Gasteiger partial charge < -0.3 is 4.74 Å². The predicted molar refractivity (Wildman–Crippen MR) is 53.2 cm³/mol. The van der Waals surface area contributed by atoms with Crippen molar-refractivity contribution in [1.29, 1.82) is 5.26 Å². The molecule has 1 unspecified atom stereocenters. The van der Waals surface area contributed by atoms with Crippen LogP contribution in [0.1, 0.15) is 18.6 Å². The molecule has 1 rings (SSSR count). The van der Waals surface area contributed by atoms with Crippen molar-refractivity contribution in [3.63, 3.8) is 0 Å². The van der Waals surface area contributed by atoms with E-state index in [2.05, 4.69) is 0 Å². The van der Waals surface area contributed by atoms with Gasteiger partial charge in [-0.1, -0.05) is 12.1 Å². The average molecular weight is 220 g/mol. The van der Waals surface area contributed by atoms with E-state index in [-0.39, 0.29) is 11.3 Å². The van der Waals surface area contributed by atoms with Crippen LogP contribution in [-0.4, -0.2) is 10.9 Å². The summed E-state index contributed by atoms with van der Waals surface area (Å²) in [4.78, 5) is 20.6. The fraction of sp³-hybridized carbons (Fsp3) is 0.200. The summed E-state index contributed by atoms with van der Waals surface area (Å²) in [5, 5.41) is 19.3. The van der Waals surface area contributed by atoms with Crippen molar-refractivity contribution in [2.45, 2.75) is 13.0 Å². The number of nitriles is 1. The first-order valence-electron chi connectivity index (χ1n) is 4.36. The first-order valence-corrected chi connectivity index (χ1v) is 4.36. The molecule has 0 bridgehead atoms. The highest BCUT2D eigenvalue weighted by molar-refractivity contribution is 5.66. The molecule has 0 aliphatic carbocycles. The lowest BCUT2D eigenvalue weighted by Crippen LogP contribution is -2.06. The number of nitro groups is 1. The molecule has 6 heteroatoms. The topological polar surface area (TPSA) is 93.2 Å². The third-order valence-corrected chi connectivity index (χ3v) is 1.78. The van der Waals surface area contributed by atoms with E-state index in [9.17, 15) is 14.9 Å². The second kappa shape index (κ2) is 4.89. The highest BCUT2D eigenvalue weighted by Crippen LogP contribution is 2.21. The quantitative estimate of drug-likeness (QED) is 0.439. The van der Waals surface area contributed by atoms with Gasteiger partial charge in [0, 0.05) is 24.6 Å². The van der Waals surface area contributed by atoms with Gasteiger partial charge in [0.1, 0.15) is 6.07 Å². The maximum absolute atomic E-state index is 10.7. The molecule has 0 amide bonds. The molecule has 0 aliphatic rings. The van der Waals surface area contributed by atoms with Crippen molar-refractivity contribution in [1.82, 2.24) is 0 Å². The lowest BCUT2D eigenvalue weighted by molar-refractivity contribution is -0.385. The number of rotatable bonds is 3. The number of esters is 1. The lowest BCUT2D eigenvalue weighted by atomic mass is 10.1. The Morgan fingerprint density at radius 2 is 2.31 bits per heavy atom. The van der Waals surface area contributed by atoms with E-state index in [0.29, 0.717) is 0 Å². The van der Waals surface area contributed by atoms with Crippen LogP contribution in [-0.2, 0) is 9.53 Å². The zero-order valence-electron chi connectivity index (χ0n) is 8.41. The van der Waals surface area contributed by atoms with E-state index in [1.165, 1.54) is 31.2 Å². The summed E-state index contributed by atoms with van der Waals surface area (Å²) in [5.41, 5.74) is 0.136. The van der Waals surface area contributed by atoms with Crippen molar-refractivity contribution in [3.05, 3.63) is 39.9 Å². The summed E-state index contributed by atoms with van der Waals surface area (Å²) in [5.74, 6) is -0.613. The van der Waals surface area contributed by atoms with E-state index in [4.69, 9.17) is 10.00 Å². The van der Waals surface area contributed by atoms with Crippen LogP contribution in [0.15, 0.2) is 24.3 Å². The summed E-state index contributed by atoms with van der Waals surface area (Å²) >= 11 is 0. The second-order valence-corrected chi connectivity index (χ2v) is 2.97. The molecule has 0 heterocycles. The maximum atomic E-state index is 10.7. The molecule has 1 aromatic rings. The molecule has 0 spiro atoms. The standard InChI is InChI=1S/C10H8N2O4/c1-7(13)16-10(6-11)8-3-2-4-9(5-8)12(14)15/h2-5,10H,1H3. The average Bonchev–Trinajstić information content (AvgIpc) is 2.25. The van der Waals surface area contributed by atoms with Crippen LogP contribution in [0, 0.1) is 21.4 Å². The Kier molecular flexibility index (Phi) is 3.56. The lowest BCUT2D eigenvalue weighted by Gasteiger charge is -2.08. The van der Waals surface area contributed by atoms with E-state index < -0.39 is 17.0 Å². The fourth-order valence-electron chi connectivity index (χ4n) is 1.14. The fourth-order valence-corrected chi connectivity index (χ4v) is 1.14. The van der Waals surface area contributed by atoms with Crippen molar-refractivity contribution < 1.29 is 14.5 Å². The molecule has 1 aromatic carbocycles. The van der Waals surface area contributed by atoms with Gasteiger partial charge >= 0.3 is 5.97 Å². The number of carbonyl (C=O) groups excluding carboxylic acids is 1.